The molecule has 10 atom stereocenters. The molecule has 10 unspecified atom stereocenters. The maximum atomic E-state index is 13.1. The predicted molar refractivity (Wildman–Crippen MR) is 201 cm³/mol. The zero-order chi connectivity index (χ0) is 35.4. The second-order valence-electron chi connectivity index (χ2n) is 19.2. The fourth-order valence-corrected chi connectivity index (χ4v) is 12.7. The van der Waals surface area contributed by atoms with Crippen LogP contribution >= 0.6 is 0 Å². The highest BCUT2D eigenvalue weighted by atomic mass is 16.5. The number of esters is 1. The zero-order valence-corrected chi connectivity index (χ0v) is 32.9. The Morgan fingerprint density at radius 2 is 1.40 bits per heavy atom. The maximum Gasteiger partial charge on any atom is 0.306 e. The van der Waals surface area contributed by atoms with Gasteiger partial charge in [0.1, 0.15) is 6.10 Å². The van der Waals surface area contributed by atoms with Crippen LogP contribution in [-0.4, -0.2) is 34.0 Å². The quantitative estimate of drug-likeness (QED) is 0.0865. The van der Waals surface area contributed by atoms with Gasteiger partial charge in [-0.05, 0) is 124 Å². The van der Waals surface area contributed by atoms with E-state index < -0.39 is 11.7 Å². The summed E-state index contributed by atoms with van der Waals surface area (Å²) in [6, 6.07) is 0. The Hall–Kier alpha value is -0.870. The van der Waals surface area contributed by atoms with E-state index in [1.54, 1.807) is 0 Å². The van der Waals surface area contributed by atoms with Gasteiger partial charge >= 0.3 is 5.97 Å². The number of carbonyl (C=O) groups is 1. The summed E-state index contributed by atoms with van der Waals surface area (Å²) in [5.74, 6) is 2.06. The van der Waals surface area contributed by atoms with Gasteiger partial charge in [-0.25, -0.2) is 0 Å². The highest BCUT2D eigenvalue weighted by molar-refractivity contribution is 5.69. The molecular formula is C44H78O4. The zero-order valence-electron chi connectivity index (χ0n) is 32.9. The monoisotopic (exact) mass is 671 g/mol. The van der Waals surface area contributed by atoms with Crippen LogP contribution in [0.3, 0.4) is 0 Å². The molecule has 0 bridgehead atoms. The minimum absolute atomic E-state index is 0.0209. The minimum atomic E-state index is -0.763. The van der Waals surface area contributed by atoms with E-state index in [0.29, 0.717) is 37.0 Å². The second-order valence-corrected chi connectivity index (χ2v) is 19.2. The van der Waals surface area contributed by atoms with Gasteiger partial charge in [0.05, 0.1) is 11.7 Å². The first-order valence-electron chi connectivity index (χ1n) is 20.8. The van der Waals surface area contributed by atoms with Crippen molar-refractivity contribution in [2.45, 2.75) is 214 Å². The van der Waals surface area contributed by atoms with Crippen LogP contribution in [0, 0.1) is 45.3 Å². The van der Waals surface area contributed by atoms with Gasteiger partial charge in [-0.15, -0.1) is 0 Å². The molecule has 4 aliphatic carbocycles. The number of fused-ring (bicyclic) bond motifs is 5. The van der Waals surface area contributed by atoms with Gasteiger partial charge in [0.2, 0.25) is 0 Å². The molecule has 0 heterocycles. The third-order valence-electron chi connectivity index (χ3n) is 15.9. The molecule has 0 aromatic carbocycles. The van der Waals surface area contributed by atoms with E-state index in [2.05, 4.69) is 48.1 Å². The lowest BCUT2D eigenvalue weighted by molar-refractivity contribution is -0.230. The lowest BCUT2D eigenvalue weighted by atomic mass is 9.35. The third-order valence-corrected chi connectivity index (χ3v) is 15.9. The van der Waals surface area contributed by atoms with Crippen LogP contribution in [0.5, 0.6) is 0 Å². The van der Waals surface area contributed by atoms with Crippen molar-refractivity contribution in [3.63, 3.8) is 0 Å². The number of aliphatic hydroxyl groups is 2. The van der Waals surface area contributed by atoms with E-state index in [4.69, 9.17) is 4.74 Å². The van der Waals surface area contributed by atoms with Crippen molar-refractivity contribution in [1.29, 1.82) is 0 Å². The first kappa shape index (κ1) is 39.9. The van der Waals surface area contributed by atoms with Crippen molar-refractivity contribution in [3.05, 3.63) is 12.2 Å². The molecule has 0 radical (unpaired) electrons. The van der Waals surface area contributed by atoms with Crippen LogP contribution in [0.2, 0.25) is 0 Å². The van der Waals surface area contributed by atoms with Crippen molar-refractivity contribution < 1.29 is 19.7 Å². The molecular weight excluding hydrogens is 592 g/mol. The van der Waals surface area contributed by atoms with Gasteiger partial charge in [-0.2, -0.15) is 0 Å². The van der Waals surface area contributed by atoms with Gasteiger partial charge in [0, 0.05) is 11.8 Å². The van der Waals surface area contributed by atoms with E-state index in [0.717, 1.165) is 37.7 Å². The molecule has 4 fully saturated rings. The summed E-state index contributed by atoms with van der Waals surface area (Å²) in [5, 5.41) is 22.3. The molecule has 4 nitrogen and oxygen atoms in total. The van der Waals surface area contributed by atoms with Gasteiger partial charge in [-0.3, -0.25) is 4.79 Å². The molecule has 0 amide bonds. The first-order valence-corrected chi connectivity index (χ1v) is 20.8. The molecule has 4 saturated carbocycles. The van der Waals surface area contributed by atoms with Gasteiger partial charge in [0.25, 0.3) is 0 Å². The van der Waals surface area contributed by atoms with E-state index in [1.165, 1.54) is 89.9 Å². The van der Waals surface area contributed by atoms with E-state index >= 15 is 0 Å². The number of hydrogen-bond donors (Lipinski definition) is 2. The van der Waals surface area contributed by atoms with Crippen molar-refractivity contribution in [3.8, 4) is 0 Å². The van der Waals surface area contributed by atoms with Crippen molar-refractivity contribution in [2.75, 3.05) is 0 Å². The maximum absolute atomic E-state index is 13.1. The molecule has 48 heavy (non-hydrogen) atoms. The van der Waals surface area contributed by atoms with Crippen LogP contribution in [0.15, 0.2) is 12.2 Å². The average Bonchev–Trinajstić information content (AvgIpc) is 3.39. The minimum Gasteiger partial charge on any atom is -0.462 e. The molecule has 4 rings (SSSR count). The molecule has 0 aliphatic heterocycles. The Kier molecular flexibility index (Phi) is 13.5. The van der Waals surface area contributed by atoms with E-state index in [-0.39, 0.29) is 39.7 Å². The summed E-state index contributed by atoms with van der Waals surface area (Å²) in [6.45, 7) is 22.8. The first-order chi connectivity index (χ1) is 22.5. The Balaban J connectivity index is 1.31. The number of aliphatic hydroxyl groups excluding tert-OH is 1. The van der Waals surface area contributed by atoms with E-state index in [9.17, 15) is 15.0 Å². The SMILES string of the molecule is C=C(C)C(O)CCC(C)(O)C1CCC2(C)C1CCC1C3(C)CCC(OC(=O)CCCCCCCCCCCCC)C(C)(C)C3CCC12C. The fraction of sp³-hybridized carbons (Fsp3) is 0.932. The summed E-state index contributed by atoms with van der Waals surface area (Å²) >= 11 is 0. The number of carbonyl (C=O) groups excluding carboxylic acids is 1. The van der Waals surface area contributed by atoms with Gasteiger partial charge < -0.3 is 14.9 Å². The van der Waals surface area contributed by atoms with Crippen LogP contribution in [0.4, 0.5) is 0 Å². The fourth-order valence-electron chi connectivity index (χ4n) is 12.7. The summed E-state index contributed by atoms with van der Waals surface area (Å²) in [4.78, 5) is 13.1. The lowest BCUT2D eigenvalue weighted by Crippen LogP contribution is -2.64. The van der Waals surface area contributed by atoms with Crippen LogP contribution in [-0.2, 0) is 9.53 Å². The smallest absolute Gasteiger partial charge is 0.306 e. The predicted octanol–water partition coefficient (Wildman–Crippen LogP) is 11.8. The Bertz CT molecular complexity index is 1060. The molecule has 0 saturated heterocycles. The standard InChI is InChI=1S/C44H78O4/c1-10-11-12-13-14-15-16-17-18-19-20-21-39(46)48-38-27-28-41(6)36(40(38,4)5)26-30-43(8)37(41)23-22-33-34(24-29-42(33,43)7)44(9,47)31-25-35(45)32(2)3/h33-38,45,47H,2,10-31H2,1,3-9H3. The van der Waals surface area contributed by atoms with Gasteiger partial charge in [-0.1, -0.05) is 118 Å². The summed E-state index contributed by atoms with van der Waals surface area (Å²) in [7, 11) is 0. The Labute approximate surface area is 297 Å². The molecule has 0 spiro atoms. The summed E-state index contributed by atoms with van der Waals surface area (Å²) < 4.78 is 6.36. The van der Waals surface area contributed by atoms with Crippen molar-refractivity contribution >= 4 is 5.97 Å². The van der Waals surface area contributed by atoms with Crippen LogP contribution in [0.1, 0.15) is 197 Å². The number of ether oxygens (including phenoxy) is 1. The second kappa shape index (κ2) is 16.2. The Morgan fingerprint density at radius 1 is 0.812 bits per heavy atom. The highest BCUT2D eigenvalue weighted by Gasteiger charge is 2.69. The third kappa shape index (κ3) is 8.11. The van der Waals surface area contributed by atoms with Crippen LogP contribution in [0.25, 0.3) is 0 Å². The van der Waals surface area contributed by atoms with E-state index in [1.807, 2.05) is 13.8 Å². The topological polar surface area (TPSA) is 66.8 Å². The number of rotatable bonds is 18. The largest absolute Gasteiger partial charge is 0.462 e. The van der Waals surface area contributed by atoms with Crippen molar-refractivity contribution in [1.82, 2.24) is 0 Å². The molecule has 278 valence electrons. The van der Waals surface area contributed by atoms with Crippen LogP contribution < -0.4 is 0 Å². The molecule has 4 heteroatoms. The number of hydrogen-bond acceptors (Lipinski definition) is 4. The molecule has 2 N–H and O–H groups in total. The van der Waals surface area contributed by atoms with Gasteiger partial charge in [0.15, 0.2) is 0 Å². The molecule has 0 aromatic heterocycles. The lowest BCUT2D eigenvalue weighted by Gasteiger charge is -2.70. The normalized spacial score (nSPS) is 37.5. The summed E-state index contributed by atoms with van der Waals surface area (Å²) in [6.07, 6.45) is 24.8. The van der Waals surface area contributed by atoms with Crippen molar-refractivity contribution in [2.24, 2.45) is 45.3 Å². The Morgan fingerprint density at radius 3 is 2.00 bits per heavy atom. The molecule has 4 aliphatic rings. The summed E-state index contributed by atoms with van der Waals surface area (Å²) in [5.41, 5.74) is 0.712. The average molecular weight is 671 g/mol. The number of unbranched alkanes of at least 4 members (excludes halogenated alkanes) is 10. The molecule has 0 aromatic rings. The highest BCUT2D eigenvalue weighted by Crippen LogP contribution is 2.76.